The van der Waals surface area contributed by atoms with E-state index in [1.807, 2.05) is 36.4 Å². The van der Waals surface area contributed by atoms with Gasteiger partial charge in [-0.05, 0) is 47.9 Å². The molecule has 0 saturated carbocycles. The van der Waals surface area contributed by atoms with Crippen LogP contribution in [0, 0.1) is 0 Å². The van der Waals surface area contributed by atoms with Crippen molar-refractivity contribution in [2.45, 2.75) is 19.8 Å². The van der Waals surface area contributed by atoms with E-state index in [4.69, 9.17) is 9.47 Å². The van der Waals surface area contributed by atoms with E-state index in [0.717, 1.165) is 22.9 Å². The minimum atomic E-state index is 0.00624. The van der Waals surface area contributed by atoms with Gasteiger partial charge < -0.3 is 14.8 Å². The quantitative estimate of drug-likeness (QED) is 0.666. The van der Waals surface area contributed by atoms with Crippen LogP contribution in [-0.2, 0) is 4.79 Å². The molecule has 0 aliphatic heterocycles. The summed E-state index contributed by atoms with van der Waals surface area (Å²) < 4.78 is 10.7. The minimum Gasteiger partial charge on any atom is -0.497 e. The van der Waals surface area contributed by atoms with E-state index >= 15 is 0 Å². The summed E-state index contributed by atoms with van der Waals surface area (Å²) in [6.07, 6.45) is 0. The first-order valence-corrected chi connectivity index (χ1v) is 9.48. The van der Waals surface area contributed by atoms with Crippen LogP contribution in [0.15, 0.2) is 48.5 Å². The van der Waals surface area contributed by atoms with Crippen molar-refractivity contribution in [3.8, 4) is 11.5 Å². The highest BCUT2D eigenvalue weighted by Crippen LogP contribution is 2.18. The van der Waals surface area contributed by atoms with E-state index in [1.54, 1.807) is 18.9 Å². The molecule has 0 aliphatic rings. The van der Waals surface area contributed by atoms with Gasteiger partial charge in [-0.3, -0.25) is 4.79 Å². The number of benzene rings is 2. The summed E-state index contributed by atoms with van der Waals surface area (Å²) in [6, 6.07) is 15.5. The molecule has 134 valence electrons. The number of hydrogen-bond donors (Lipinski definition) is 1. The number of carbonyl (C=O) groups excluding carboxylic acids is 1. The maximum Gasteiger partial charge on any atom is 0.234 e. The number of ether oxygens (including phenoxy) is 2. The first-order valence-electron chi connectivity index (χ1n) is 8.33. The molecule has 0 spiro atoms. The Hall–Kier alpha value is -2.14. The summed E-state index contributed by atoms with van der Waals surface area (Å²) >= 11 is 1.55. The van der Waals surface area contributed by atoms with Gasteiger partial charge in [0.15, 0.2) is 0 Å². The summed E-state index contributed by atoms with van der Waals surface area (Å²) in [4.78, 5) is 11.9. The molecule has 1 N–H and O–H groups in total. The number of amides is 1. The third kappa shape index (κ3) is 6.70. The summed E-state index contributed by atoms with van der Waals surface area (Å²) in [5, 5.41) is 2.91. The first-order chi connectivity index (χ1) is 12.1. The fraction of sp³-hybridized carbons (Fsp3) is 0.350. The Labute approximate surface area is 153 Å². The van der Waals surface area contributed by atoms with Gasteiger partial charge in [-0.1, -0.05) is 26.0 Å². The van der Waals surface area contributed by atoms with Crippen LogP contribution in [0.25, 0.3) is 0 Å². The average molecular weight is 359 g/mol. The van der Waals surface area contributed by atoms with Crippen LogP contribution >= 0.6 is 11.8 Å². The van der Waals surface area contributed by atoms with Crippen LogP contribution in [0.3, 0.4) is 0 Å². The minimum absolute atomic E-state index is 0.00624. The third-order valence-electron chi connectivity index (χ3n) is 3.65. The van der Waals surface area contributed by atoms with Crippen molar-refractivity contribution in [1.82, 2.24) is 0 Å². The second-order valence-corrected chi connectivity index (χ2v) is 7.01. The topological polar surface area (TPSA) is 47.6 Å². The number of rotatable bonds is 9. The molecule has 25 heavy (non-hydrogen) atoms. The van der Waals surface area contributed by atoms with Crippen molar-refractivity contribution in [3.05, 3.63) is 54.1 Å². The normalized spacial score (nSPS) is 10.6. The molecule has 0 saturated heterocycles. The second-order valence-electron chi connectivity index (χ2n) is 5.90. The molecule has 0 atom stereocenters. The zero-order valence-corrected chi connectivity index (χ0v) is 15.8. The summed E-state index contributed by atoms with van der Waals surface area (Å²) in [5.41, 5.74) is 2.10. The first kappa shape index (κ1) is 19.2. The molecule has 0 heterocycles. The monoisotopic (exact) mass is 359 g/mol. The van der Waals surface area contributed by atoms with Crippen LogP contribution in [0.2, 0.25) is 0 Å². The average Bonchev–Trinajstić information content (AvgIpc) is 2.62. The van der Waals surface area contributed by atoms with E-state index in [9.17, 15) is 4.79 Å². The van der Waals surface area contributed by atoms with Gasteiger partial charge in [0.25, 0.3) is 0 Å². The number of methoxy groups -OCH3 is 1. The molecule has 2 rings (SSSR count). The molecule has 5 heteroatoms. The van der Waals surface area contributed by atoms with Crippen molar-refractivity contribution in [3.63, 3.8) is 0 Å². The Balaban J connectivity index is 1.63. The van der Waals surface area contributed by atoms with E-state index < -0.39 is 0 Å². The van der Waals surface area contributed by atoms with E-state index in [2.05, 4.69) is 31.3 Å². The van der Waals surface area contributed by atoms with Crippen LogP contribution < -0.4 is 14.8 Å². The number of thioether (sulfide) groups is 1. The Morgan fingerprint density at radius 3 is 2.28 bits per heavy atom. The summed E-state index contributed by atoms with van der Waals surface area (Å²) in [7, 11) is 1.64. The lowest BCUT2D eigenvalue weighted by atomic mass is 10.0. The van der Waals surface area contributed by atoms with E-state index in [0.29, 0.717) is 18.3 Å². The largest absolute Gasteiger partial charge is 0.497 e. The van der Waals surface area contributed by atoms with E-state index in [1.165, 1.54) is 5.56 Å². The van der Waals surface area contributed by atoms with Crippen molar-refractivity contribution in [2.24, 2.45) is 0 Å². The molecule has 4 nitrogen and oxygen atoms in total. The fourth-order valence-corrected chi connectivity index (χ4v) is 2.81. The van der Waals surface area contributed by atoms with Gasteiger partial charge in [0, 0.05) is 11.4 Å². The van der Waals surface area contributed by atoms with Crippen LogP contribution in [0.1, 0.15) is 25.3 Å². The molecule has 2 aromatic rings. The molecule has 2 aromatic carbocycles. The van der Waals surface area contributed by atoms with Crippen molar-refractivity contribution < 1.29 is 14.3 Å². The van der Waals surface area contributed by atoms with Crippen molar-refractivity contribution >= 4 is 23.4 Å². The zero-order valence-electron chi connectivity index (χ0n) is 15.0. The van der Waals surface area contributed by atoms with E-state index in [-0.39, 0.29) is 5.91 Å². The lowest BCUT2D eigenvalue weighted by Crippen LogP contribution is -2.15. The molecule has 0 radical (unpaired) electrons. The smallest absolute Gasteiger partial charge is 0.234 e. The highest BCUT2D eigenvalue weighted by atomic mass is 32.2. The standard InChI is InChI=1S/C20H25NO3S/c1-15(2)16-4-6-17(7-5-16)21-20(22)14-25-13-12-24-19-10-8-18(23-3)9-11-19/h4-11,15H,12-14H2,1-3H3,(H,21,22). The second kappa shape index (κ2) is 9.99. The Morgan fingerprint density at radius 2 is 1.68 bits per heavy atom. The Bertz CT molecular complexity index is 654. The third-order valence-corrected chi connectivity index (χ3v) is 4.57. The number of carbonyl (C=O) groups is 1. The van der Waals surface area contributed by atoms with Gasteiger partial charge in [-0.2, -0.15) is 0 Å². The molecular formula is C20H25NO3S. The van der Waals surface area contributed by atoms with Crippen LogP contribution in [-0.4, -0.2) is 31.1 Å². The Kier molecular flexibility index (Phi) is 7.67. The van der Waals surface area contributed by atoms with Gasteiger partial charge in [-0.15, -0.1) is 11.8 Å². The molecule has 0 aliphatic carbocycles. The van der Waals surface area contributed by atoms with Crippen molar-refractivity contribution in [1.29, 1.82) is 0 Å². The lowest BCUT2D eigenvalue weighted by molar-refractivity contribution is -0.113. The molecule has 0 aromatic heterocycles. The zero-order chi connectivity index (χ0) is 18.1. The van der Waals surface area contributed by atoms with Crippen LogP contribution in [0.5, 0.6) is 11.5 Å². The van der Waals surface area contributed by atoms with Gasteiger partial charge in [0.1, 0.15) is 11.5 Å². The molecular weight excluding hydrogens is 334 g/mol. The maximum atomic E-state index is 11.9. The van der Waals surface area contributed by atoms with Crippen LogP contribution in [0.4, 0.5) is 5.69 Å². The molecule has 0 unspecified atom stereocenters. The highest BCUT2D eigenvalue weighted by molar-refractivity contribution is 7.99. The SMILES string of the molecule is COc1ccc(OCCSCC(=O)Nc2ccc(C(C)C)cc2)cc1. The predicted molar refractivity (Wildman–Crippen MR) is 105 cm³/mol. The van der Waals surface area contributed by atoms with Crippen molar-refractivity contribution in [2.75, 3.05) is 30.5 Å². The number of nitrogens with one attached hydrogen (secondary N) is 1. The predicted octanol–water partition coefficient (Wildman–Crippen LogP) is 4.57. The summed E-state index contributed by atoms with van der Waals surface area (Å²) in [6.45, 7) is 4.86. The fourth-order valence-electron chi connectivity index (χ4n) is 2.20. The molecule has 1 amide bonds. The van der Waals surface area contributed by atoms with Gasteiger partial charge in [-0.25, -0.2) is 0 Å². The molecule has 0 bridgehead atoms. The Morgan fingerprint density at radius 1 is 1.04 bits per heavy atom. The van der Waals surface area contributed by atoms with Gasteiger partial charge >= 0.3 is 0 Å². The number of hydrogen-bond acceptors (Lipinski definition) is 4. The number of anilines is 1. The summed E-state index contributed by atoms with van der Waals surface area (Å²) in [5.74, 6) is 3.28. The highest BCUT2D eigenvalue weighted by Gasteiger charge is 2.04. The lowest BCUT2D eigenvalue weighted by Gasteiger charge is -2.09. The van der Waals surface area contributed by atoms with Gasteiger partial charge in [0.05, 0.1) is 19.5 Å². The molecule has 0 fully saturated rings. The maximum absolute atomic E-state index is 11.9. The van der Waals surface area contributed by atoms with Gasteiger partial charge in [0.2, 0.25) is 5.91 Å².